The molecule has 2 heterocycles. The van der Waals surface area contributed by atoms with Gasteiger partial charge >= 0.3 is 0 Å². The number of hydrogen-bond acceptors (Lipinski definition) is 4. The van der Waals surface area contributed by atoms with Crippen molar-refractivity contribution in [1.29, 1.82) is 0 Å². The Balaban J connectivity index is 2.15. The maximum atomic E-state index is 9.82. The zero-order chi connectivity index (χ0) is 18.9. The maximum absolute atomic E-state index is 9.82. The smallest absolute Gasteiger partial charge is 0.120 e. The van der Waals surface area contributed by atoms with Crippen LogP contribution in [-0.2, 0) is 0 Å². The second-order valence-corrected chi connectivity index (χ2v) is 7.18. The first-order valence-electron chi connectivity index (χ1n) is 8.64. The first kappa shape index (κ1) is 17.9. The van der Waals surface area contributed by atoms with E-state index < -0.39 is 5.60 Å². The second kappa shape index (κ2) is 6.78. The normalized spacial score (nSPS) is 13.1. The van der Waals surface area contributed by atoms with Gasteiger partial charge < -0.3 is 10.4 Å². The summed E-state index contributed by atoms with van der Waals surface area (Å²) in [7, 11) is 0. The number of benzene rings is 1. The fraction of sp³-hybridized carbons (Fsp3) is 0.273. The lowest BCUT2D eigenvalue weighted by atomic mass is 9.93. The Morgan fingerprint density at radius 3 is 2.54 bits per heavy atom. The summed E-state index contributed by atoms with van der Waals surface area (Å²) in [6.07, 6.45) is 1.67. The molecule has 2 aromatic rings. The summed E-state index contributed by atoms with van der Waals surface area (Å²) in [6, 6.07) is 10.00. The molecule has 0 atom stereocenters. The molecule has 0 radical (unpaired) electrons. The molecule has 0 fully saturated rings. The van der Waals surface area contributed by atoms with Crippen LogP contribution in [0.15, 0.2) is 41.9 Å². The Kier molecular flexibility index (Phi) is 4.67. The quantitative estimate of drug-likeness (QED) is 0.801. The Morgan fingerprint density at radius 1 is 1.12 bits per heavy atom. The van der Waals surface area contributed by atoms with E-state index in [9.17, 15) is 5.11 Å². The van der Waals surface area contributed by atoms with Crippen LogP contribution in [0.1, 0.15) is 50.6 Å². The molecular formula is C22H23N3O. The van der Waals surface area contributed by atoms with Crippen molar-refractivity contribution in [3.63, 3.8) is 0 Å². The maximum Gasteiger partial charge on any atom is 0.120 e. The summed E-state index contributed by atoms with van der Waals surface area (Å²) in [5, 5.41) is 12.9. The van der Waals surface area contributed by atoms with Crippen molar-refractivity contribution in [2.75, 3.05) is 0 Å². The fourth-order valence-electron chi connectivity index (χ4n) is 2.83. The van der Waals surface area contributed by atoms with Crippen LogP contribution in [-0.4, -0.2) is 22.0 Å². The van der Waals surface area contributed by atoms with Gasteiger partial charge in [0, 0.05) is 22.4 Å². The van der Waals surface area contributed by atoms with Gasteiger partial charge in [0.05, 0.1) is 17.7 Å². The van der Waals surface area contributed by atoms with Gasteiger partial charge in [0.25, 0.3) is 0 Å². The van der Waals surface area contributed by atoms with Crippen LogP contribution in [0.5, 0.6) is 0 Å². The Hall–Kier alpha value is -2.90. The summed E-state index contributed by atoms with van der Waals surface area (Å²) in [5.74, 6) is 6.00. The average Bonchev–Trinajstić information content (AvgIpc) is 2.59. The molecule has 2 N–H and O–H groups in total. The number of aliphatic hydroxyl groups is 1. The number of para-hydroxylation sites is 1. The fourth-order valence-corrected chi connectivity index (χ4v) is 2.83. The van der Waals surface area contributed by atoms with Crippen molar-refractivity contribution in [2.24, 2.45) is 4.99 Å². The molecule has 1 aromatic heterocycles. The minimum absolute atomic E-state index is 0.221. The lowest BCUT2D eigenvalue weighted by Crippen LogP contribution is -2.14. The van der Waals surface area contributed by atoms with Crippen molar-refractivity contribution < 1.29 is 5.11 Å². The van der Waals surface area contributed by atoms with Crippen molar-refractivity contribution in [2.45, 2.75) is 39.2 Å². The molecule has 0 amide bonds. The number of rotatable bonds is 2. The van der Waals surface area contributed by atoms with Crippen LogP contribution in [0.25, 0.3) is 16.8 Å². The number of pyridine rings is 1. The third kappa shape index (κ3) is 3.68. The van der Waals surface area contributed by atoms with Crippen molar-refractivity contribution >= 4 is 17.7 Å². The van der Waals surface area contributed by atoms with E-state index in [1.165, 1.54) is 0 Å². The van der Waals surface area contributed by atoms with Gasteiger partial charge in [-0.1, -0.05) is 44.5 Å². The van der Waals surface area contributed by atoms with E-state index in [0.717, 1.165) is 33.8 Å². The van der Waals surface area contributed by atoms with Crippen LogP contribution in [0, 0.1) is 11.8 Å². The Labute approximate surface area is 154 Å². The van der Waals surface area contributed by atoms with E-state index in [1.807, 2.05) is 24.3 Å². The van der Waals surface area contributed by atoms with E-state index in [2.05, 4.69) is 48.6 Å². The SMILES string of the molecule is C=C1NC=Nc2c1cccc2-c1ccc(C#CC(C)(C)O)nc1C(C)C. The zero-order valence-electron chi connectivity index (χ0n) is 15.6. The molecule has 0 spiro atoms. The third-order valence-corrected chi connectivity index (χ3v) is 4.05. The molecule has 4 heteroatoms. The first-order chi connectivity index (χ1) is 12.3. The molecule has 132 valence electrons. The summed E-state index contributed by atoms with van der Waals surface area (Å²) in [4.78, 5) is 9.27. The summed E-state index contributed by atoms with van der Waals surface area (Å²) >= 11 is 0. The minimum atomic E-state index is -1.04. The van der Waals surface area contributed by atoms with Crippen LogP contribution >= 0.6 is 0 Å². The third-order valence-electron chi connectivity index (χ3n) is 4.05. The molecule has 0 saturated carbocycles. The molecule has 1 aliphatic rings. The molecule has 4 nitrogen and oxygen atoms in total. The predicted molar refractivity (Wildman–Crippen MR) is 107 cm³/mol. The molecule has 0 saturated heterocycles. The second-order valence-electron chi connectivity index (χ2n) is 7.18. The highest BCUT2D eigenvalue weighted by Gasteiger charge is 2.18. The lowest BCUT2D eigenvalue weighted by Gasteiger charge is -2.19. The average molecular weight is 345 g/mol. The minimum Gasteiger partial charge on any atom is -0.378 e. The summed E-state index contributed by atoms with van der Waals surface area (Å²) in [5.41, 5.74) is 5.36. The van der Waals surface area contributed by atoms with Crippen LogP contribution in [0.4, 0.5) is 5.69 Å². The van der Waals surface area contributed by atoms with Gasteiger partial charge in [-0.15, -0.1) is 0 Å². The highest BCUT2D eigenvalue weighted by atomic mass is 16.3. The zero-order valence-corrected chi connectivity index (χ0v) is 15.6. The highest BCUT2D eigenvalue weighted by molar-refractivity contribution is 5.93. The summed E-state index contributed by atoms with van der Waals surface area (Å²) in [6.45, 7) is 11.6. The van der Waals surface area contributed by atoms with Crippen molar-refractivity contribution in [3.05, 3.63) is 53.9 Å². The molecule has 0 aliphatic carbocycles. The Morgan fingerprint density at radius 2 is 1.85 bits per heavy atom. The van der Waals surface area contributed by atoms with E-state index >= 15 is 0 Å². The van der Waals surface area contributed by atoms with Crippen LogP contribution in [0.3, 0.4) is 0 Å². The number of aliphatic imine (C=N–C) groups is 1. The van der Waals surface area contributed by atoms with Gasteiger partial charge in [-0.2, -0.15) is 0 Å². The van der Waals surface area contributed by atoms with Gasteiger partial charge in [0.1, 0.15) is 11.3 Å². The monoisotopic (exact) mass is 345 g/mol. The Bertz CT molecular complexity index is 954. The molecule has 26 heavy (non-hydrogen) atoms. The van der Waals surface area contributed by atoms with Gasteiger partial charge in [-0.3, -0.25) is 0 Å². The van der Waals surface area contributed by atoms with Crippen LogP contribution in [0.2, 0.25) is 0 Å². The van der Waals surface area contributed by atoms with E-state index in [1.54, 1.807) is 20.2 Å². The van der Waals surface area contributed by atoms with Crippen LogP contribution < -0.4 is 5.32 Å². The van der Waals surface area contributed by atoms with Gasteiger partial charge in [-0.05, 0) is 37.8 Å². The lowest BCUT2D eigenvalue weighted by molar-refractivity contribution is 0.143. The number of aromatic nitrogens is 1. The van der Waals surface area contributed by atoms with E-state index in [4.69, 9.17) is 4.98 Å². The molecule has 3 rings (SSSR count). The largest absolute Gasteiger partial charge is 0.378 e. The van der Waals surface area contributed by atoms with Crippen molar-refractivity contribution in [1.82, 2.24) is 10.3 Å². The predicted octanol–water partition coefficient (Wildman–Crippen LogP) is 4.23. The topological polar surface area (TPSA) is 57.5 Å². The van der Waals surface area contributed by atoms with E-state index in [0.29, 0.717) is 5.69 Å². The molecular weight excluding hydrogens is 322 g/mol. The molecule has 0 unspecified atom stereocenters. The summed E-state index contributed by atoms with van der Waals surface area (Å²) < 4.78 is 0. The number of hydrogen-bond donors (Lipinski definition) is 2. The van der Waals surface area contributed by atoms with Crippen molar-refractivity contribution in [3.8, 4) is 23.0 Å². The van der Waals surface area contributed by atoms with Gasteiger partial charge in [-0.25, -0.2) is 9.98 Å². The number of nitrogens with one attached hydrogen (secondary N) is 1. The molecule has 1 aliphatic heterocycles. The number of fused-ring (bicyclic) bond motifs is 1. The molecule has 0 bridgehead atoms. The van der Waals surface area contributed by atoms with E-state index in [-0.39, 0.29) is 5.92 Å². The van der Waals surface area contributed by atoms with Gasteiger partial charge in [0.15, 0.2) is 0 Å². The first-order valence-corrected chi connectivity index (χ1v) is 8.64. The standard InChI is InChI=1S/C22H23N3O/c1-14(2)20-19(10-9-16(25-20)11-12-22(4,5)26)18-8-6-7-17-15(3)23-13-24-21(17)18/h6-10,13-14,26H,3H2,1-2,4-5H3,(H,23,24). The van der Waals surface area contributed by atoms with Gasteiger partial charge in [0.2, 0.25) is 0 Å². The highest BCUT2D eigenvalue weighted by Crippen LogP contribution is 2.39. The molecule has 1 aromatic carbocycles. The number of nitrogens with zero attached hydrogens (tertiary/aromatic N) is 2.